The molecule has 0 radical (unpaired) electrons. The van der Waals surface area contributed by atoms with Crippen molar-refractivity contribution in [1.29, 1.82) is 0 Å². The lowest BCUT2D eigenvalue weighted by atomic mass is 10.1. The van der Waals surface area contributed by atoms with Gasteiger partial charge < -0.3 is 40.4 Å². The van der Waals surface area contributed by atoms with E-state index in [-0.39, 0.29) is 0 Å². The summed E-state index contributed by atoms with van der Waals surface area (Å²) < 4.78 is 0. The Labute approximate surface area is 153 Å². The van der Waals surface area contributed by atoms with Crippen molar-refractivity contribution in [3.63, 3.8) is 0 Å². The largest absolute Gasteiger partial charge is 0.394 e. The van der Waals surface area contributed by atoms with E-state index in [9.17, 15) is 40.2 Å². The van der Waals surface area contributed by atoms with Gasteiger partial charge in [0.2, 0.25) is 0 Å². The van der Waals surface area contributed by atoms with Crippen molar-refractivity contribution >= 4 is 11.8 Å². The van der Waals surface area contributed by atoms with Crippen LogP contribution in [0, 0.1) is 0 Å². The van der Waals surface area contributed by atoms with Crippen molar-refractivity contribution < 1.29 is 40.2 Å². The molecule has 0 saturated heterocycles. The second kappa shape index (κ2) is 11.4. The van der Waals surface area contributed by atoms with Crippen molar-refractivity contribution in [3.05, 3.63) is 0 Å². The molecule has 6 atom stereocenters. The molecule has 6 N–H and O–H groups in total. The minimum atomic E-state index is -2.13. The van der Waals surface area contributed by atoms with Crippen LogP contribution in [0.3, 0.4) is 0 Å². The van der Waals surface area contributed by atoms with Gasteiger partial charge in [0.25, 0.3) is 11.8 Å². The van der Waals surface area contributed by atoms with Crippen LogP contribution in [-0.2, 0) is 9.59 Å². The molecule has 0 bridgehead atoms. The number of carbonyl (C=O) groups excluding carboxylic acids is 2. The Balaban J connectivity index is 5.51. The highest BCUT2D eigenvalue weighted by molar-refractivity contribution is 5.91. The third kappa shape index (κ3) is 5.86. The van der Waals surface area contributed by atoms with E-state index in [0.29, 0.717) is 0 Å². The topological polar surface area (TPSA) is 162 Å². The van der Waals surface area contributed by atoms with Gasteiger partial charge in [0, 0.05) is 0 Å². The quantitative estimate of drug-likeness (QED) is 0.219. The van der Waals surface area contributed by atoms with Crippen LogP contribution < -0.4 is 0 Å². The van der Waals surface area contributed by atoms with E-state index >= 15 is 0 Å². The number of hydrogen-bond donors (Lipinski definition) is 6. The fourth-order valence-electron chi connectivity index (χ4n) is 2.67. The van der Waals surface area contributed by atoms with Gasteiger partial charge in [-0.1, -0.05) is 0 Å². The van der Waals surface area contributed by atoms with Crippen LogP contribution in [0.4, 0.5) is 0 Å². The fourth-order valence-corrected chi connectivity index (χ4v) is 2.67. The second-order valence-electron chi connectivity index (χ2n) is 6.51. The van der Waals surface area contributed by atoms with E-state index in [1.165, 1.54) is 27.7 Å². The summed E-state index contributed by atoms with van der Waals surface area (Å²) in [6, 6.07) is -3.04. The molecule has 0 aromatic rings. The smallest absolute Gasteiger partial charge is 0.255 e. The van der Waals surface area contributed by atoms with Crippen LogP contribution in [-0.4, -0.2) is 115 Å². The summed E-state index contributed by atoms with van der Waals surface area (Å²) in [5.74, 6) is -2.05. The van der Waals surface area contributed by atoms with Gasteiger partial charge in [0.15, 0.2) is 12.2 Å². The van der Waals surface area contributed by atoms with Crippen molar-refractivity contribution in [3.8, 4) is 0 Å². The van der Waals surface area contributed by atoms with E-state index < -0.39 is 74.6 Å². The molecule has 6 unspecified atom stereocenters. The highest BCUT2D eigenvalue weighted by atomic mass is 16.3. The molecule has 0 aromatic heterocycles. The molecule has 10 heteroatoms. The van der Waals surface area contributed by atoms with E-state index in [2.05, 4.69) is 0 Å². The molecule has 26 heavy (non-hydrogen) atoms. The summed E-state index contributed by atoms with van der Waals surface area (Å²) in [4.78, 5) is 27.0. The van der Waals surface area contributed by atoms with Crippen LogP contribution in [0.5, 0.6) is 0 Å². The first kappa shape index (κ1) is 24.7. The minimum absolute atomic E-state index is 0.442. The predicted octanol–water partition coefficient (Wildman–Crippen LogP) is -3.11. The zero-order valence-electron chi connectivity index (χ0n) is 15.7. The molecule has 0 spiro atoms. The SMILES string of the molecule is CC(CO)N(C(=O)C(O)C(O)C(=O)N(C(C)CO)C(C)CO)C(C)CO. The molecule has 0 fully saturated rings. The molecule has 0 heterocycles. The van der Waals surface area contributed by atoms with Gasteiger partial charge in [0.05, 0.1) is 50.6 Å². The maximum absolute atomic E-state index is 12.5. The van der Waals surface area contributed by atoms with Crippen LogP contribution in [0.1, 0.15) is 27.7 Å². The zero-order chi connectivity index (χ0) is 20.6. The summed E-state index contributed by atoms with van der Waals surface area (Å²) in [6.07, 6.45) is -4.27. The van der Waals surface area contributed by atoms with Gasteiger partial charge >= 0.3 is 0 Å². The highest BCUT2D eigenvalue weighted by Gasteiger charge is 2.40. The number of hydrogen-bond acceptors (Lipinski definition) is 8. The molecule has 0 aliphatic heterocycles. The fraction of sp³-hybridized carbons (Fsp3) is 0.875. The standard InChI is InChI=1S/C16H32N2O8/c1-9(5-19)17(10(2)6-20)15(25)13(23)14(24)16(26)18(11(3)7-21)12(4)8-22/h9-14,19-24H,5-8H2,1-4H3. The van der Waals surface area contributed by atoms with Gasteiger partial charge in [-0.15, -0.1) is 0 Å². The molecule has 0 aliphatic rings. The van der Waals surface area contributed by atoms with Gasteiger partial charge in [-0.25, -0.2) is 0 Å². The van der Waals surface area contributed by atoms with Crippen LogP contribution in [0.2, 0.25) is 0 Å². The normalized spacial score (nSPS) is 18.4. The summed E-state index contributed by atoms with van der Waals surface area (Å²) in [6.45, 7) is 4.17. The van der Waals surface area contributed by atoms with Gasteiger partial charge in [-0.05, 0) is 27.7 Å². The molecule has 0 saturated carbocycles. The zero-order valence-corrected chi connectivity index (χ0v) is 15.7. The lowest BCUT2D eigenvalue weighted by molar-refractivity contribution is -0.165. The van der Waals surface area contributed by atoms with Crippen molar-refractivity contribution in [2.75, 3.05) is 26.4 Å². The number of aliphatic hydroxyl groups is 6. The number of aliphatic hydroxyl groups excluding tert-OH is 6. The van der Waals surface area contributed by atoms with Gasteiger partial charge in [-0.2, -0.15) is 0 Å². The Kier molecular flexibility index (Phi) is 10.8. The summed E-state index contributed by atoms with van der Waals surface area (Å²) >= 11 is 0. The molecule has 0 aliphatic carbocycles. The van der Waals surface area contributed by atoms with Crippen molar-refractivity contribution in [2.24, 2.45) is 0 Å². The Morgan fingerprint density at radius 1 is 0.615 bits per heavy atom. The monoisotopic (exact) mass is 380 g/mol. The Morgan fingerprint density at radius 2 is 0.808 bits per heavy atom. The average molecular weight is 380 g/mol. The van der Waals surface area contributed by atoms with Crippen molar-refractivity contribution in [2.45, 2.75) is 64.1 Å². The maximum Gasteiger partial charge on any atom is 0.255 e. The lowest BCUT2D eigenvalue weighted by Gasteiger charge is -2.37. The van der Waals surface area contributed by atoms with Crippen LogP contribution >= 0.6 is 0 Å². The minimum Gasteiger partial charge on any atom is -0.394 e. The van der Waals surface area contributed by atoms with E-state index in [1.54, 1.807) is 0 Å². The van der Waals surface area contributed by atoms with E-state index in [0.717, 1.165) is 9.80 Å². The third-order valence-corrected chi connectivity index (χ3v) is 4.27. The molecular formula is C16H32N2O8. The second-order valence-corrected chi connectivity index (χ2v) is 6.51. The Morgan fingerprint density at radius 3 is 0.962 bits per heavy atom. The average Bonchev–Trinajstić information content (AvgIpc) is 2.65. The van der Waals surface area contributed by atoms with Gasteiger partial charge in [0.1, 0.15) is 0 Å². The Hall–Kier alpha value is -1.30. The highest BCUT2D eigenvalue weighted by Crippen LogP contribution is 2.14. The van der Waals surface area contributed by atoms with Crippen molar-refractivity contribution in [1.82, 2.24) is 9.80 Å². The first-order valence-electron chi connectivity index (χ1n) is 8.52. The molecule has 10 nitrogen and oxygen atoms in total. The maximum atomic E-state index is 12.5. The van der Waals surface area contributed by atoms with Crippen LogP contribution in [0.15, 0.2) is 0 Å². The number of carbonyl (C=O) groups is 2. The summed E-state index contributed by atoms with van der Waals surface area (Å²) in [5.41, 5.74) is 0. The van der Waals surface area contributed by atoms with E-state index in [4.69, 9.17) is 0 Å². The van der Waals surface area contributed by atoms with Crippen LogP contribution in [0.25, 0.3) is 0 Å². The molecular weight excluding hydrogens is 348 g/mol. The first-order valence-corrected chi connectivity index (χ1v) is 8.52. The number of amides is 2. The third-order valence-electron chi connectivity index (χ3n) is 4.27. The molecule has 0 aromatic carbocycles. The molecule has 2 amide bonds. The van der Waals surface area contributed by atoms with Gasteiger partial charge in [-0.3, -0.25) is 9.59 Å². The summed E-state index contributed by atoms with van der Waals surface area (Å²) in [5, 5.41) is 57.5. The molecule has 0 rings (SSSR count). The number of nitrogens with zero attached hydrogens (tertiary/aromatic N) is 2. The first-order chi connectivity index (χ1) is 12.1. The Bertz CT molecular complexity index is 390. The predicted molar refractivity (Wildman–Crippen MR) is 91.9 cm³/mol. The summed E-state index contributed by atoms with van der Waals surface area (Å²) in [7, 11) is 0. The molecule has 154 valence electrons. The lowest BCUT2D eigenvalue weighted by Crippen LogP contribution is -2.59. The number of rotatable bonds is 11. The van der Waals surface area contributed by atoms with E-state index in [1.807, 2.05) is 0 Å².